The molecule has 0 fully saturated rings. The van der Waals surface area contributed by atoms with Crippen LogP contribution in [-0.4, -0.2) is 32.4 Å². The number of hydrogen-bond acceptors (Lipinski definition) is 4. The lowest BCUT2D eigenvalue weighted by atomic mass is 10.1. The lowest BCUT2D eigenvalue weighted by molar-refractivity contribution is 0.0950. The number of aryl methyl sites for hydroxylation is 1. The van der Waals surface area contributed by atoms with Gasteiger partial charge in [0.1, 0.15) is 0 Å². The van der Waals surface area contributed by atoms with E-state index < -0.39 is 0 Å². The second-order valence-corrected chi connectivity index (χ2v) is 4.36. The third-order valence-corrected chi connectivity index (χ3v) is 2.72. The molecule has 0 saturated carbocycles. The highest BCUT2D eigenvalue weighted by Gasteiger charge is 2.10. The van der Waals surface area contributed by atoms with E-state index in [1.165, 1.54) is 0 Å². The standard InChI is InChI=1S/C15H16N4O2/c1-19-8-6-13(18-19)11-17-15(21)14-5-7-16-10-12(14)4-2-3-9-20/h5-8,10,20H,3,9,11H2,1H3,(H,17,21). The topological polar surface area (TPSA) is 80.0 Å². The largest absolute Gasteiger partial charge is 0.395 e. The van der Waals surface area contributed by atoms with Crippen molar-refractivity contribution in [2.45, 2.75) is 13.0 Å². The Labute approximate surface area is 122 Å². The van der Waals surface area contributed by atoms with E-state index in [9.17, 15) is 4.79 Å². The average molecular weight is 284 g/mol. The van der Waals surface area contributed by atoms with Gasteiger partial charge in [-0.2, -0.15) is 5.10 Å². The quantitative estimate of drug-likeness (QED) is 0.800. The van der Waals surface area contributed by atoms with Gasteiger partial charge in [0.05, 0.1) is 30.0 Å². The van der Waals surface area contributed by atoms with E-state index in [2.05, 4.69) is 27.2 Å². The number of rotatable bonds is 4. The molecule has 0 radical (unpaired) electrons. The summed E-state index contributed by atoms with van der Waals surface area (Å²) in [5.41, 5.74) is 1.80. The molecule has 2 aromatic heterocycles. The van der Waals surface area contributed by atoms with E-state index in [1.807, 2.05) is 19.3 Å². The minimum absolute atomic E-state index is 0.00549. The summed E-state index contributed by atoms with van der Waals surface area (Å²) in [4.78, 5) is 16.2. The van der Waals surface area contributed by atoms with Gasteiger partial charge in [-0.15, -0.1) is 0 Å². The first-order chi connectivity index (χ1) is 10.2. The van der Waals surface area contributed by atoms with Crippen LogP contribution in [0.4, 0.5) is 0 Å². The van der Waals surface area contributed by atoms with E-state index >= 15 is 0 Å². The van der Waals surface area contributed by atoms with Gasteiger partial charge in [0.2, 0.25) is 0 Å². The molecule has 0 aliphatic heterocycles. The van der Waals surface area contributed by atoms with Crippen molar-refractivity contribution >= 4 is 5.91 Å². The summed E-state index contributed by atoms with van der Waals surface area (Å²) < 4.78 is 1.68. The molecule has 0 unspecified atom stereocenters. The first-order valence-corrected chi connectivity index (χ1v) is 6.51. The molecule has 2 heterocycles. The molecule has 0 aliphatic carbocycles. The van der Waals surface area contributed by atoms with Crippen molar-refractivity contribution in [2.75, 3.05) is 6.61 Å². The number of nitrogens with one attached hydrogen (secondary N) is 1. The Balaban J connectivity index is 2.07. The molecule has 2 N–H and O–H groups in total. The summed E-state index contributed by atoms with van der Waals surface area (Å²) >= 11 is 0. The fourth-order valence-corrected chi connectivity index (χ4v) is 1.73. The van der Waals surface area contributed by atoms with E-state index in [1.54, 1.807) is 23.1 Å². The third-order valence-electron chi connectivity index (χ3n) is 2.72. The summed E-state index contributed by atoms with van der Waals surface area (Å²) in [5, 5.41) is 15.7. The molecule has 1 amide bonds. The van der Waals surface area contributed by atoms with E-state index in [4.69, 9.17) is 5.11 Å². The van der Waals surface area contributed by atoms with E-state index in [0.29, 0.717) is 24.1 Å². The zero-order valence-electron chi connectivity index (χ0n) is 11.7. The van der Waals surface area contributed by atoms with Crippen LogP contribution in [0.5, 0.6) is 0 Å². The molecular formula is C15H16N4O2. The molecule has 0 atom stereocenters. The lowest BCUT2D eigenvalue weighted by Gasteiger charge is -2.05. The highest BCUT2D eigenvalue weighted by atomic mass is 16.2. The van der Waals surface area contributed by atoms with Gasteiger partial charge in [0, 0.05) is 32.1 Å². The predicted molar refractivity (Wildman–Crippen MR) is 77.2 cm³/mol. The maximum Gasteiger partial charge on any atom is 0.252 e. The van der Waals surface area contributed by atoms with Crippen molar-refractivity contribution < 1.29 is 9.90 Å². The Morgan fingerprint density at radius 3 is 3.05 bits per heavy atom. The summed E-state index contributed by atoms with van der Waals surface area (Å²) in [6, 6.07) is 3.46. The van der Waals surface area contributed by atoms with Gasteiger partial charge in [-0.3, -0.25) is 14.5 Å². The maximum absolute atomic E-state index is 12.2. The zero-order valence-corrected chi connectivity index (χ0v) is 11.7. The summed E-state index contributed by atoms with van der Waals surface area (Å²) in [7, 11) is 1.82. The summed E-state index contributed by atoms with van der Waals surface area (Å²) in [6.45, 7) is 0.347. The van der Waals surface area contributed by atoms with Crippen molar-refractivity contribution in [1.82, 2.24) is 20.1 Å². The first-order valence-electron chi connectivity index (χ1n) is 6.51. The lowest BCUT2D eigenvalue weighted by Crippen LogP contribution is -2.24. The first kappa shape index (κ1) is 14.8. The van der Waals surface area contributed by atoms with Gasteiger partial charge < -0.3 is 10.4 Å². The average Bonchev–Trinajstić information content (AvgIpc) is 2.91. The highest BCUT2D eigenvalue weighted by molar-refractivity contribution is 5.96. The minimum Gasteiger partial charge on any atom is -0.395 e. The SMILES string of the molecule is Cn1ccc(CNC(=O)c2ccncc2C#CCCO)n1. The van der Waals surface area contributed by atoms with Gasteiger partial charge in [0.15, 0.2) is 0 Å². The molecule has 0 aliphatic rings. The monoisotopic (exact) mass is 284 g/mol. The summed E-state index contributed by atoms with van der Waals surface area (Å²) in [6.07, 6.45) is 5.27. The Morgan fingerprint density at radius 2 is 2.33 bits per heavy atom. The van der Waals surface area contributed by atoms with Crippen LogP contribution in [-0.2, 0) is 13.6 Å². The second kappa shape index (κ2) is 7.22. The van der Waals surface area contributed by atoms with Crippen LogP contribution < -0.4 is 5.32 Å². The number of aromatic nitrogens is 3. The van der Waals surface area contributed by atoms with Crippen LogP contribution in [0.2, 0.25) is 0 Å². The number of pyridine rings is 1. The molecule has 0 aromatic carbocycles. The Kier molecular flexibility index (Phi) is 5.07. The van der Waals surface area contributed by atoms with Crippen LogP contribution in [0.1, 0.15) is 28.0 Å². The molecule has 6 nitrogen and oxygen atoms in total. The van der Waals surface area contributed by atoms with Crippen LogP contribution in [0.3, 0.4) is 0 Å². The number of carbonyl (C=O) groups excluding carboxylic acids is 1. The van der Waals surface area contributed by atoms with Crippen molar-refractivity contribution in [1.29, 1.82) is 0 Å². The van der Waals surface area contributed by atoms with Gasteiger partial charge in [-0.05, 0) is 12.1 Å². The van der Waals surface area contributed by atoms with Crippen molar-refractivity contribution in [3.63, 3.8) is 0 Å². The van der Waals surface area contributed by atoms with Gasteiger partial charge in [0.25, 0.3) is 5.91 Å². The van der Waals surface area contributed by atoms with E-state index in [0.717, 1.165) is 5.69 Å². The van der Waals surface area contributed by atoms with Crippen LogP contribution in [0.25, 0.3) is 0 Å². The number of carbonyl (C=O) groups is 1. The highest BCUT2D eigenvalue weighted by Crippen LogP contribution is 2.06. The molecule has 2 rings (SSSR count). The predicted octanol–water partition coefficient (Wildman–Crippen LogP) is 0.479. The van der Waals surface area contributed by atoms with Crippen LogP contribution >= 0.6 is 0 Å². The fraction of sp³-hybridized carbons (Fsp3) is 0.267. The molecule has 21 heavy (non-hydrogen) atoms. The Bertz CT molecular complexity index is 682. The summed E-state index contributed by atoms with van der Waals surface area (Å²) in [5.74, 6) is 5.41. The smallest absolute Gasteiger partial charge is 0.252 e. The number of hydrogen-bond donors (Lipinski definition) is 2. The maximum atomic E-state index is 12.2. The van der Waals surface area contributed by atoms with Crippen LogP contribution in [0.15, 0.2) is 30.7 Å². The van der Waals surface area contributed by atoms with E-state index in [-0.39, 0.29) is 12.5 Å². The molecular weight excluding hydrogens is 268 g/mol. The van der Waals surface area contributed by atoms with Gasteiger partial charge in [-0.1, -0.05) is 11.8 Å². The Hall–Kier alpha value is -2.65. The molecule has 6 heteroatoms. The molecule has 108 valence electrons. The normalized spacial score (nSPS) is 9.81. The van der Waals surface area contributed by atoms with Crippen molar-refractivity contribution in [3.05, 3.63) is 47.5 Å². The number of aliphatic hydroxyl groups is 1. The minimum atomic E-state index is -0.226. The third kappa shape index (κ3) is 4.16. The molecule has 0 bridgehead atoms. The second-order valence-electron chi connectivity index (χ2n) is 4.36. The number of nitrogens with zero attached hydrogens (tertiary/aromatic N) is 3. The Morgan fingerprint density at radius 1 is 1.48 bits per heavy atom. The molecule has 0 spiro atoms. The molecule has 2 aromatic rings. The number of aliphatic hydroxyl groups excluding tert-OH is 1. The van der Waals surface area contributed by atoms with Crippen LogP contribution in [0, 0.1) is 11.8 Å². The number of amides is 1. The zero-order chi connectivity index (χ0) is 15.1. The van der Waals surface area contributed by atoms with Gasteiger partial charge in [-0.25, -0.2) is 0 Å². The molecule has 0 saturated heterocycles. The fourth-order valence-electron chi connectivity index (χ4n) is 1.73. The van der Waals surface area contributed by atoms with Crippen molar-refractivity contribution in [2.24, 2.45) is 7.05 Å². The van der Waals surface area contributed by atoms with Gasteiger partial charge >= 0.3 is 0 Å². The van der Waals surface area contributed by atoms with Crippen molar-refractivity contribution in [3.8, 4) is 11.8 Å².